The SMILES string of the molecule is CC(C)(C)OC(=O)CCN1C(=O)CC[C@H]1C(=O)O. The first kappa shape index (κ1) is 14.5. The number of hydrogen-bond acceptors (Lipinski definition) is 4. The molecular formula is C12H19NO5. The quantitative estimate of drug-likeness (QED) is 0.753. The molecule has 0 aromatic heterocycles. The van der Waals surface area contributed by atoms with Gasteiger partial charge in [0.2, 0.25) is 5.91 Å². The maximum absolute atomic E-state index is 11.5. The third-order valence-electron chi connectivity index (χ3n) is 2.59. The Kier molecular flexibility index (Phi) is 4.32. The molecule has 1 N–H and O–H groups in total. The summed E-state index contributed by atoms with van der Waals surface area (Å²) >= 11 is 0. The van der Waals surface area contributed by atoms with Crippen LogP contribution in [0.4, 0.5) is 0 Å². The van der Waals surface area contributed by atoms with Crippen LogP contribution in [0.25, 0.3) is 0 Å². The van der Waals surface area contributed by atoms with E-state index in [0.717, 1.165) is 0 Å². The van der Waals surface area contributed by atoms with E-state index in [1.165, 1.54) is 4.90 Å². The summed E-state index contributed by atoms with van der Waals surface area (Å²) in [7, 11) is 0. The summed E-state index contributed by atoms with van der Waals surface area (Å²) in [6, 6.07) is -0.806. The van der Waals surface area contributed by atoms with Crippen molar-refractivity contribution >= 4 is 17.8 Å². The number of carboxylic acid groups (broad SMARTS) is 1. The molecule has 0 unspecified atom stereocenters. The van der Waals surface area contributed by atoms with E-state index in [4.69, 9.17) is 9.84 Å². The first-order valence-corrected chi connectivity index (χ1v) is 5.95. The van der Waals surface area contributed by atoms with Gasteiger partial charge in [0.05, 0.1) is 6.42 Å². The molecule has 1 fully saturated rings. The van der Waals surface area contributed by atoms with Gasteiger partial charge in [-0.15, -0.1) is 0 Å². The van der Waals surface area contributed by atoms with Crippen molar-refractivity contribution in [3.8, 4) is 0 Å². The van der Waals surface area contributed by atoms with Gasteiger partial charge in [0.25, 0.3) is 0 Å². The van der Waals surface area contributed by atoms with Crippen molar-refractivity contribution in [3.63, 3.8) is 0 Å². The van der Waals surface area contributed by atoms with Gasteiger partial charge in [-0.3, -0.25) is 9.59 Å². The van der Waals surface area contributed by atoms with Crippen molar-refractivity contribution in [1.29, 1.82) is 0 Å². The number of carboxylic acids is 1. The van der Waals surface area contributed by atoms with Crippen molar-refractivity contribution in [2.75, 3.05) is 6.54 Å². The smallest absolute Gasteiger partial charge is 0.326 e. The Bertz CT molecular complexity index is 358. The summed E-state index contributed by atoms with van der Waals surface area (Å²) in [5, 5.41) is 8.94. The van der Waals surface area contributed by atoms with Crippen LogP contribution in [0.2, 0.25) is 0 Å². The third-order valence-corrected chi connectivity index (χ3v) is 2.59. The molecule has 1 amide bonds. The molecule has 0 saturated carbocycles. The van der Waals surface area contributed by atoms with E-state index < -0.39 is 23.6 Å². The fourth-order valence-electron chi connectivity index (χ4n) is 1.88. The molecule has 0 radical (unpaired) electrons. The number of hydrogen-bond donors (Lipinski definition) is 1. The molecule has 0 aromatic carbocycles. The summed E-state index contributed by atoms with van der Waals surface area (Å²) in [6.45, 7) is 5.37. The highest BCUT2D eigenvalue weighted by Crippen LogP contribution is 2.19. The van der Waals surface area contributed by atoms with E-state index in [-0.39, 0.29) is 25.3 Å². The molecular weight excluding hydrogens is 238 g/mol. The second kappa shape index (κ2) is 5.37. The van der Waals surface area contributed by atoms with Crippen LogP contribution in [0.1, 0.15) is 40.0 Å². The molecule has 1 rings (SSSR count). The van der Waals surface area contributed by atoms with Gasteiger partial charge in [-0.25, -0.2) is 4.79 Å². The Morgan fingerprint density at radius 2 is 2.06 bits per heavy atom. The summed E-state index contributed by atoms with van der Waals surface area (Å²) < 4.78 is 5.10. The average molecular weight is 257 g/mol. The number of aliphatic carboxylic acids is 1. The Balaban J connectivity index is 2.49. The minimum atomic E-state index is -1.02. The zero-order chi connectivity index (χ0) is 13.9. The van der Waals surface area contributed by atoms with E-state index in [1.807, 2.05) is 0 Å². The molecule has 0 aliphatic carbocycles. The molecule has 0 spiro atoms. The monoisotopic (exact) mass is 257 g/mol. The van der Waals surface area contributed by atoms with Gasteiger partial charge in [0.15, 0.2) is 0 Å². The Labute approximate surface area is 106 Å². The lowest BCUT2D eigenvalue weighted by Gasteiger charge is -2.23. The first-order chi connectivity index (χ1) is 8.20. The maximum Gasteiger partial charge on any atom is 0.326 e. The van der Waals surface area contributed by atoms with Crippen LogP contribution in [0.3, 0.4) is 0 Å². The van der Waals surface area contributed by atoms with Gasteiger partial charge in [-0.1, -0.05) is 0 Å². The summed E-state index contributed by atoms with van der Waals surface area (Å²) in [6.07, 6.45) is 0.556. The molecule has 102 valence electrons. The van der Waals surface area contributed by atoms with Crippen LogP contribution >= 0.6 is 0 Å². The van der Waals surface area contributed by atoms with Crippen molar-refractivity contribution < 1.29 is 24.2 Å². The molecule has 0 bridgehead atoms. The Morgan fingerprint density at radius 1 is 1.44 bits per heavy atom. The van der Waals surface area contributed by atoms with E-state index in [2.05, 4.69) is 0 Å². The van der Waals surface area contributed by atoms with Gasteiger partial charge in [-0.2, -0.15) is 0 Å². The molecule has 1 saturated heterocycles. The lowest BCUT2D eigenvalue weighted by Crippen LogP contribution is -2.40. The van der Waals surface area contributed by atoms with Crippen molar-refractivity contribution in [2.45, 2.75) is 51.7 Å². The Morgan fingerprint density at radius 3 is 2.56 bits per heavy atom. The highest BCUT2D eigenvalue weighted by molar-refractivity contribution is 5.87. The second-order valence-corrected chi connectivity index (χ2v) is 5.32. The zero-order valence-electron chi connectivity index (χ0n) is 10.9. The standard InChI is InChI=1S/C12H19NO5/c1-12(2,3)18-10(15)6-7-13-8(11(16)17)4-5-9(13)14/h8H,4-7H2,1-3H3,(H,16,17)/t8-/m0/s1. The predicted molar refractivity (Wildman–Crippen MR) is 62.8 cm³/mol. The molecule has 0 aromatic rings. The van der Waals surface area contributed by atoms with E-state index in [0.29, 0.717) is 6.42 Å². The largest absolute Gasteiger partial charge is 0.480 e. The number of amides is 1. The average Bonchev–Trinajstić information content (AvgIpc) is 2.54. The van der Waals surface area contributed by atoms with Crippen LogP contribution in [-0.4, -0.2) is 46.0 Å². The number of carbonyl (C=O) groups excluding carboxylic acids is 2. The normalized spacial score (nSPS) is 20.1. The number of rotatable bonds is 4. The van der Waals surface area contributed by atoms with Crippen LogP contribution in [0.15, 0.2) is 0 Å². The first-order valence-electron chi connectivity index (χ1n) is 5.95. The van der Waals surface area contributed by atoms with Crippen LogP contribution in [0, 0.1) is 0 Å². The summed E-state index contributed by atoms with van der Waals surface area (Å²) in [5.74, 6) is -1.66. The molecule has 6 nitrogen and oxygen atoms in total. The van der Waals surface area contributed by atoms with Crippen LogP contribution < -0.4 is 0 Å². The highest BCUT2D eigenvalue weighted by atomic mass is 16.6. The van der Waals surface area contributed by atoms with Gasteiger partial charge >= 0.3 is 11.9 Å². The lowest BCUT2D eigenvalue weighted by atomic mass is 10.2. The van der Waals surface area contributed by atoms with Crippen molar-refractivity contribution in [2.24, 2.45) is 0 Å². The van der Waals surface area contributed by atoms with E-state index in [1.54, 1.807) is 20.8 Å². The lowest BCUT2D eigenvalue weighted by molar-refractivity contribution is -0.156. The van der Waals surface area contributed by atoms with Gasteiger partial charge in [-0.05, 0) is 27.2 Å². The maximum atomic E-state index is 11.5. The summed E-state index contributed by atoms with van der Waals surface area (Å²) in [5.41, 5.74) is -0.571. The number of likely N-dealkylation sites (tertiary alicyclic amines) is 1. The minimum absolute atomic E-state index is 0.0206. The topological polar surface area (TPSA) is 83.9 Å². The second-order valence-electron chi connectivity index (χ2n) is 5.32. The molecule has 1 aliphatic rings. The van der Waals surface area contributed by atoms with Gasteiger partial charge < -0.3 is 14.7 Å². The zero-order valence-corrected chi connectivity index (χ0v) is 10.9. The molecule has 1 atom stereocenters. The number of nitrogens with zero attached hydrogens (tertiary/aromatic N) is 1. The Hall–Kier alpha value is -1.59. The number of carbonyl (C=O) groups is 3. The minimum Gasteiger partial charge on any atom is -0.480 e. The summed E-state index contributed by atoms with van der Waals surface area (Å²) in [4.78, 5) is 35.2. The van der Waals surface area contributed by atoms with E-state index >= 15 is 0 Å². The fourth-order valence-corrected chi connectivity index (χ4v) is 1.88. The molecule has 6 heteroatoms. The molecule has 1 heterocycles. The fraction of sp³-hybridized carbons (Fsp3) is 0.750. The van der Waals surface area contributed by atoms with Crippen molar-refractivity contribution in [1.82, 2.24) is 4.90 Å². The number of esters is 1. The predicted octanol–water partition coefficient (Wildman–Crippen LogP) is 0.794. The third kappa shape index (κ3) is 4.01. The van der Waals surface area contributed by atoms with Gasteiger partial charge in [0.1, 0.15) is 11.6 Å². The van der Waals surface area contributed by atoms with Crippen molar-refractivity contribution in [3.05, 3.63) is 0 Å². The van der Waals surface area contributed by atoms with Gasteiger partial charge in [0, 0.05) is 13.0 Å². The molecule has 18 heavy (non-hydrogen) atoms. The van der Waals surface area contributed by atoms with Crippen LogP contribution in [0.5, 0.6) is 0 Å². The van der Waals surface area contributed by atoms with E-state index in [9.17, 15) is 14.4 Å². The number of ether oxygens (including phenoxy) is 1. The van der Waals surface area contributed by atoms with Crippen LogP contribution in [-0.2, 0) is 19.1 Å². The highest BCUT2D eigenvalue weighted by Gasteiger charge is 2.36. The molecule has 1 aliphatic heterocycles.